The SMILES string of the molecule is CCNC(=O)Nc1ccc(C(=O)O)cc1N1CCN(c2ncccn2)CC1. The van der Waals surface area contributed by atoms with Gasteiger partial charge in [-0.3, -0.25) is 0 Å². The molecule has 0 unspecified atom stereocenters. The Morgan fingerprint density at radius 3 is 2.41 bits per heavy atom. The van der Waals surface area contributed by atoms with E-state index in [1.165, 1.54) is 6.07 Å². The van der Waals surface area contributed by atoms with Gasteiger partial charge in [-0.1, -0.05) is 0 Å². The zero-order valence-electron chi connectivity index (χ0n) is 15.1. The molecule has 0 atom stereocenters. The summed E-state index contributed by atoms with van der Waals surface area (Å²) in [5, 5.41) is 14.8. The average molecular weight is 370 g/mol. The number of rotatable bonds is 5. The highest BCUT2D eigenvalue weighted by atomic mass is 16.4. The molecule has 0 aliphatic carbocycles. The van der Waals surface area contributed by atoms with Crippen LogP contribution in [0.4, 0.5) is 22.1 Å². The highest BCUT2D eigenvalue weighted by Gasteiger charge is 2.22. The Kier molecular flexibility index (Phi) is 5.70. The van der Waals surface area contributed by atoms with E-state index in [1.54, 1.807) is 30.6 Å². The highest BCUT2D eigenvalue weighted by molar-refractivity contribution is 5.96. The van der Waals surface area contributed by atoms with E-state index >= 15 is 0 Å². The molecular formula is C18H22N6O3. The summed E-state index contributed by atoms with van der Waals surface area (Å²) >= 11 is 0. The van der Waals surface area contributed by atoms with Gasteiger partial charge in [0, 0.05) is 45.1 Å². The number of anilines is 3. The standard InChI is InChI=1S/C18H22N6O3/c1-2-19-18(27)22-14-5-4-13(16(25)26)12-15(14)23-8-10-24(11-9-23)17-20-6-3-7-21-17/h3-7,12H,2,8-11H2,1H3,(H,25,26)(H2,19,22,27). The molecular weight excluding hydrogens is 348 g/mol. The van der Waals surface area contributed by atoms with Crippen LogP contribution in [0.1, 0.15) is 17.3 Å². The minimum atomic E-state index is -1.00. The fourth-order valence-electron chi connectivity index (χ4n) is 2.96. The Bertz CT molecular complexity index is 806. The van der Waals surface area contributed by atoms with Crippen molar-refractivity contribution in [3.63, 3.8) is 0 Å². The van der Waals surface area contributed by atoms with Crippen LogP contribution in [-0.2, 0) is 0 Å². The van der Waals surface area contributed by atoms with Crippen LogP contribution in [0.3, 0.4) is 0 Å². The van der Waals surface area contributed by atoms with Gasteiger partial charge in [-0.2, -0.15) is 0 Å². The van der Waals surface area contributed by atoms with Crippen molar-refractivity contribution in [2.24, 2.45) is 0 Å². The van der Waals surface area contributed by atoms with Crippen LogP contribution < -0.4 is 20.4 Å². The molecule has 0 spiro atoms. The van der Waals surface area contributed by atoms with Crippen molar-refractivity contribution in [3.05, 3.63) is 42.2 Å². The molecule has 3 N–H and O–H groups in total. The van der Waals surface area contributed by atoms with E-state index in [-0.39, 0.29) is 11.6 Å². The van der Waals surface area contributed by atoms with E-state index in [1.807, 2.05) is 6.92 Å². The van der Waals surface area contributed by atoms with E-state index in [4.69, 9.17) is 0 Å². The lowest BCUT2D eigenvalue weighted by atomic mass is 10.1. The van der Waals surface area contributed by atoms with E-state index in [9.17, 15) is 14.7 Å². The minimum Gasteiger partial charge on any atom is -0.478 e. The van der Waals surface area contributed by atoms with Gasteiger partial charge in [-0.15, -0.1) is 0 Å². The number of benzene rings is 1. The lowest BCUT2D eigenvalue weighted by Gasteiger charge is -2.37. The van der Waals surface area contributed by atoms with Crippen molar-refractivity contribution in [3.8, 4) is 0 Å². The fraction of sp³-hybridized carbons (Fsp3) is 0.333. The molecule has 142 valence electrons. The number of carboxylic acid groups (broad SMARTS) is 1. The quantitative estimate of drug-likeness (QED) is 0.734. The number of hydrogen-bond donors (Lipinski definition) is 3. The number of nitrogens with zero attached hydrogens (tertiary/aromatic N) is 4. The van der Waals surface area contributed by atoms with Crippen LogP contribution >= 0.6 is 0 Å². The molecule has 9 heteroatoms. The van der Waals surface area contributed by atoms with Gasteiger partial charge in [0.2, 0.25) is 5.95 Å². The minimum absolute atomic E-state index is 0.181. The Balaban J connectivity index is 1.78. The Hall–Kier alpha value is -3.36. The molecule has 1 saturated heterocycles. The summed E-state index contributed by atoms with van der Waals surface area (Å²) in [5.41, 5.74) is 1.45. The van der Waals surface area contributed by atoms with Gasteiger partial charge in [-0.05, 0) is 31.2 Å². The predicted octanol–water partition coefficient (Wildman–Crippen LogP) is 1.64. The van der Waals surface area contributed by atoms with Crippen molar-refractivity contribution < 1.29 is 14.7 Å². The first-order valence-electron chi connectivity index (χ1n) is 8.77. The number of carboxylic acids is 1. The summed E-state index contributed by atoms with van der Waals surface area (Å²) in [7, 11) is 0. The van der Waals surface area contributed by atoms with Gasteiger partial charge in [0.15, 0.2) is 0 Å². The number of carbonyl (C=O) groups excluding carboxylic acids is 1. The van der Waals surface area contributed by atoms with Crippen LogP contribution in [0.5, 0.6) is 0 Å². The molecule has 0 bridgehead atoms. The molecule has 1 aromatic carbocycles. The van der Waals surface area contributed by atoms with Gasteiger partial charge >= 0.3 is 12.0 Å². The summed E-state index contributed by atoms with van der Waals surface area (Å²) in [6, 6.07) is 6.16. The van der Waals surface area contributed by atoms with Gasteiger partial charge in [0.25, 0.3) is 0 Å². The number of urea groups is 1. The maximum Gasteiger partial charge on any atom is 0.335 e. The number of piperazine rings is 1. The second-order valence-electron chi connectivity index (χ2n) is 6.04. The van der Waals surface area contributed by atoms with Crippen molar-refractivity contribution >= 4 is 29.3 Å². The van der Waals surface area contributed by atoms with Crippen molar-refractivity contribution in [2.75, 3.05) is 47.8 Å². The second kappa shape index (κ2) is 8.35. The number of hydrogen-bond acceptors (Lipinski definition) is 6. The summed E-state index contributed by atoms with van der Waals surface area (Å²) in [6.07, 6.45) is 3.42. The third-order valence-electron chi connectivity index (χ3n) is 4.29. The molecule has 1 aliphatic rings. The number of amides is 2. The maximum absolute atomic E-state index is 11.9. The largest absolute Gasteiger partial charge is 0.478 e. The first-order chi connectivity index (χ1) is 13.1. The lowest BCUT2D eigenvalue weighted by Crippen LogP contribution is -2.47. The van der Waals surface area contributed by atoms with Gasteiger partial charge in [0.05, 0.1) is 16.9 Å². The smallest absolute Gasteiger partial charge is 0.335 e. The average Bonchev–Trinajstić information content (AvgIpc) is 2.69. The van der Waals surface area contributed by atoms with Crippen LogP contribution in [-0.4, -0.2) is 59.8 Å². The molecule has 1 fully saturated rings. The highest BCUT2D eigenvalue weighted by Crippen LogP contribution is 2.29. The monoisotopic (exact) mass is 370 g/mol. The van der Waals surface area contributed by atoms with Gasteiger partial charge < -0.3 is 25.5 Å². The molecule has 1 aliphatic heterocycles. The van der Waals surface area contributed by atoms with E-state index in [2.05, 4.69) is 30.4 Å². The molecule has 2 aromatic rings. The normalized spacial score (nSPS) is 14.0. The summed E-state index contributed by atoms with van der Waals surface area (Å²) < 4.78 is 0. The molecule has 0 radical (unpaired) electrons. The lowest BCUT2D eigenvalue weighted by molar-refractivity contribution is 0.0697. The number of carbonyl (C=O) groups is 2. The molecule has 1 aromatic heterocycles. The van der Waals surface area contributed by atoms with Crippen molar-refractivity contribution in [1.82, 2.24) is 15.3 Å². The Morgan fingerprint density at radius 1 is 1.11 bits per heavy atom. The zero-order chi connectivity index (χ0) is 19.2. The Morgan fingerprint density at radius 2 is 1.78 bits per heavy atom. The predicted molar refractivity (Wildman–Crippen MR) is 103 cm³/mol. The summed E-state index contributed by atoms with van der Waals surface area (Å²) in [4.78, 5) is 36.0. The van der Waals surface area contributed by atoms with E-state index in [0.717, 1.165) is 0 Å². The van der Waals surface area contributed by atoms with Gasteiger partial charge in [-0.25, -0.2) is 19.6 Å². The number of aromatic carboxylic acids is 1. The van der Waals surface area contributed by atoms with E-state index in [0.29, 0.717) is 50.0 Å². The first-order valence-corrected chi connectivity index (χ1v) is 8.77. The third-order valence-corrected chi connectivity index (χ3v) is 4.29. The fourth-order valence-corrected chi connectivity index (χ4v) is 2.96. The molecule has 2 amide bonds. The number of nitrogens with one attached hydrogen (secondary N) is 2. The molecule has 9 nitrogen and oxygen atoms in total. The zero-order valence-corrected chi connectivity index (χ0v) is 15.1. The van der Waals surface area contributed by atoms with Crippen molar-refractivity contribution in [2.45, 2.75) is 6.92 Å². The van der Waals surface area contributed by atoms with Crippen LogP contribution in [0.25, 0.3) is 0 Å². The van der Waals surface area contributed by atoms with Gasteiger partial charge in [0.1, 0.15) is 0 Å². The Labute approximate surface area is 157 Å². The molecule has 27 heavy (non-hydrogen) atoms. The van der Waals surface area contributed by atoms with Crippen molar-refractivity contribution in [1.29, 1.82) is 0 Å². The first kappa shape index (κ1) is 18.4. The third kappa shape index (κ3) is 4.43. The second-order valence-corrected chi connectivity index (χ2v) is 6.04. The van der Waals surface area contributed by atoms with Crippen LogP contribution in [0.15, 0.2) is 36.7 Å². The van der Waals surface area contributed by atoms with E-state index < -0.39 is 5.97 Å². The molecule has 2 heterocycles. The molecule has 3 rings (SSSR count). The molecule has 0 saturated carbocycles. The topological polar surface area (TPSA) is 111 Å². The summed E-state index contributed by atoms with van der Waals surface area (Å²) in [5.74, 6) is -0.325. The van der Waals surface area contributed by atoms with Crippen LogP contribution in [0, 0.1) is 0 Å². The number of aromatic nitrogens is 2. The summed E-state index contributed by atoms with van der Waals surface area (Å²) in [6.45, 7) is 5.05. The maximum atomic E-state index is 11.9. The van der Waals surface area contributed by atoms with Crippen LogP contribution in [0.2, 0.25) is 0 Å².